The van der Waals surface area contributed by atoms with Crippen LogP contribution in [0.25, 0.3) is 0 Å². The average molecular weight is 392 g/mol. The fourth-order valence-electron chi connectivity index (χ4n) is 3.51. The van der Waals surface area contributed by atoms with Crippen molar-refractivity contribution >= 4 is 29.5 Å². The normalized spacial score (nSPS) is 21.6. The number of hydrogen-bond acceptors (Lipinski definition) is 5. The van der Waals surface area contributed by atoms with Crippen molar-refractivity contribution in [1.82, 2.24) is 10.2 Å². The fourth-order valence-corrected chi connectivity index (χ4v) is 4.66. The predicted octanol–water partition coefficient (Wildman–Crippen LogP) is 1.45. The van der Waals surface area contributed by atoms with E-state index < -0.39 is 17.9 Å². The van der Waals surface area contributed by atoms with E-state index in [4.69, 9.17) is 4.74 Å². The second-order valence-electron chi connectivity index (χ2n) is 6.80. The van der Waals surface area contributed by atoms with Crippen molar-refractivity contribution in [2.24, 2.45) is 11.8 Å². The molecular formula is C19H24N2O5S. The molecule has 0 spiro atoms. The lowest BCUT2D eigenvalue weighted by atomic mass is 9.86. The summed E-state index contributed by atoms with van der Waals surface area (Å²) in [5.41, 5.74) is 0.545. The summed E-state index contributed by atoms with van der Waals surface area (Å²) in [6.45, 7) is 1.19. The van der Waals surface area contributed by atoms with E-state index in [2.05, 4.69) is 5.32 Å². The molecule has 1 aromatic carbocycles. The minimum absolute atomic E-state index is 0.00319. The molecule has 0 aliphatic carbocycles. The first-order valence-corrected chi connectivity index (χ1v) is 10.3. The van der Waals surface area contributed by atoms with Gasteiger partial charge in [0, 0.05) is 31.1 Å². The highest BCUT2D eigenvalue weighted by atomic mass is 32.2. The van der Waals surface area contributed by atoms with Crippen molar-refractivity contribution in [3.63, 3.8) is 0 Å². The van der Waals surface area contributed by atoms with Crippen molar-refractivity contribution in [3.05, 3.63) is 35.9 Å². The first-order chi connectivity index (χ1) is 13.1. The Morgan fingerprint density at radius 3 is 2.59 bits per heavy atom. The molecule has 0 radical (unpaired) electrons. The quantitative estimate of drug-likeness (QED) is 0.761. The minimum atomic E-state index is -0.903. The van der Waals surface area contributed by atoms with Gasteiger partial charge in [-0.05, 0) is 30.9 Å². The number of carbonyl (C=O) groups is 3. The molecular weight excluding hydrogens is 368 g/mol. The zero-order valence-electron chi connectivity index (χ0n) is 15.0. The number of rotatable bonds is 6. The van der Waals surface area contributed by atoms with Gasteiger partial charge in [0.15, 0.2) is 0 Å². The largest absolute Gasteiger partial charge is 0.481 e. The monoisotopic (exact) mass is 392 g/mol. The van der Waals surface area contributed by atoms with E-state index >= 15 is 0 Å². The number of aliphatic carboxylic acids is 1. The maximum Gasteiger partial charge on any atom is 0.308 e. The molecule has 2 amide bonds. The summed E-state index contributed by atoms with van der Waals surface area (Å²) in [7, 11) is 0. The highest BCUT2D eigenvalue weighted by Crippen LogP contribution is 2.25. The summed E-state index contributed by atoms with van der Waals surface area (Å²) in [4.78, 5) is 38.5. The molecule has 2 atom stereocenters. The highest BCUT2D eigenvalue weighted by molar-refractivity contribution is 7.99. The standard InChI is InChI=1S/C19H24N2O5S/c22-17(20-10-15(19(24)25)13-6-8-26-9-7-13)16-11-27-12-21(16)18(23)14-4-2-1-3-5-14/h1-5,13,15-16H,6-12H2,(H,20,22)(H,24,25). The van der Waals surface area contributed by atoms with Crippen molar-refractivity contribution in [2.45, 2.75) is 18.9 Å². The van der Waals surface area contributed by atoms with Crippen LogP contribution in [-0.2, 0) is 14.3 Å². The SMILES string of the molecule is O=C(O)C(CNC(=O)C1CSCN1C(=O)c1ccccc1)C1CCOCC1. The maximum atomic E-state index is 12.7. The van der Waals surface area contributed by atoms with Crippen LogP contribution in [0.5, 0.6) is 0 Å². The third kappa shape index (κ3) is 4.81. The first-order valence-electron chi connectivity index (χ1n) is 9.10. The maximum absolute atomic E-state index is 12.7. The molecule has 8 heteroatoms. The molecule has 0 bridgehead atoms. The van der Waals surface area contributed by atoms with Gasteiger partial charge < -0.3 is 20.1 Å². The molecule has 2 aliphatic heterocycles. The smallest absolute Gasteiger partial charge is 0.308 e. The molecule has 0 saturated carbocycles. The van der Waals surface area contributed by atoms with Crippen molar-refractivity contribution < 1.29 is 24.2 Å². The topological polar surface area (TPSA) is 95.9 Å². The number of carboxylic acid groups (broad SMARTS) is 1. The lowest BCUT2D eigenvalue weighted by Gasteiger charge is -2.29. The van der Waals surface area contributed by atoms with Crippen LogP contribution in [0.3, 0.4) is 0 Å². The Bertz CT molecular complexity index is 678. The van der Waals surface area contributed by atoms with E-state index in [1.807, 2.05) is 6.07 Å². The molecule has 2 unspecified atom stereocenters. The Morgan fingerprint density at radius 2 is 1.93 bits per heavy atom. The van der Waals surface area contributed by atoms with E-state index in [1.165, 1.54) is 11.8 Å². The predicted molar refractivity (Wildman–Crippen MR) is 101 cm³/mol. The molecule has 7 nitrogen and oxygen atoms in total. The van der Waals surface area contributed by atoms with E-state index in [0.29, 0.717) is 43.2 Å². The first kappa shape index (κ1) is 19.7. The number of carbonyl (C=O) groups excluding carboxylic acids is 2. The van der Waals surface area contributed by atoms with Gasteiger partial charge in [0.1, 0.15) is 6.04 Å². The third-order valence-electron chi connectivity index (χ3n) is 5.11. The zero-order chi connectivity index (χ0) is 19.2. The second kappa shape index (κ2) is 9.23. The summed E-state index contributed by atoms with van der Waals surface area (Å²) in [6, 6.07) is 8.29. The summed E-state index contributed by atoms with van der Waals surface area (Å²) in [6.07, 6.45) is 1.37. The van der Waals surface area contributed by atoms with Crippen LogP contribution in [0.1, 0.15) is 23.2 Å². The van der Waals surface area contributed by atoms with Crippen LogP contribution in [0.15, 0.2) is 30.3 Å². The van der Waals surface area contributed by atoms with Crippen LogP contribution in [0.2, 0.25) is 0 Å². The van der Waals surface area contributed by atoms with Crippen LogP contribution < -0.4 is 5.32 Å². The molecule has 2 N–H and O–H groups in total. The Balaban J connectivity index is 1.60. The Hall–Kier alpha value is -2.06. The van der Waals surface area contributed by atoms with Gasteiger partial charge in [-0.2, -0.15) is 0 Å². The van der Waals surface area contributed by atoms with Gasteiger partial charge in [0.25, 0.3) is 5.91 Å². The molecule has 2 saturated heterocycles. The number of hydrogen-bond donors (Lipinski definition) is 2. The number of ether oxygens (including phenoxy) is 1. The second-order valence-corrected chi connectivity index (χ2v) is 7.80. The van der Waals surface area contributed by atoms with Gasteiger partial charge in [-0.1, -0.05) is 18.2 Å². The van der Waals surface area contributed by atoms with Gasteiger partial charge in [-0.3, -0.25) is 14.4 Å². The van der Waals surface area contributed by atoms with Crippen LogP contribution in [0, 0.1) is 11.8 Å². The van der Waals surface area contributed by atoms with E-state index in [-0.39, 0.29) is 24.3 Å². The summed E-state index contributed by atoms with van der Waals surface area (Å²) < 4.78 is 5.29. The zero-order valence-corrected chi connectivity index (χ0v) is 15.8. The Kier molecular flexibility index (Phi) is 6.73. The summed E-state index contributed by atoms with van der Waals surface area (Å²) >= 11 is 1.52. The lowest BCUT2D eigenvalue weighted by molar-refractivity contribution is -0.145. The number of amides is 2. The summed E-state index contributed by atoms with van der Waals surface area (Å²) in [5.74, 6) is -1.04. The van der Waals surface area contributed by atoms with Gasteiger partial charge >= 0.3 is 5.97 Å². The molecule has 3 rings (SSSR count). The molecule has 146 valence electrons. The number of carboxylic acids is 1. The number of thioether (sulfide) groups is 1. The van der Waals surface area contributed by atoms with Crippen molar-refractivity contribution in [1.29, 1.82) is 0 Å². The van der Waals surface area contributed by atoms with Crippen LogP contribution in [0.4, 0.5) is 0 Å². The number of nitrogens with zero attached hydrogens (tertiary/aromatic N) is 1. The number of nitrogens with one attached hydrogen (secondary N) is 1. The molecule has 2 heterocycles. The molecule has 2 aliphatic rings. The molecule has 1 aromatic rings. The van der Waals surface area contributed by atoms with Crippen molar-refractivity contribution in [2.75, 3.05) is 31.4 Å². The van der Waals surface area contributed by atoms with E-state index in [9.17, 15) is 19.5 Å². The Morgan fingerprint density at radius 1 is 1.22 bits per heavy atom. The minimum Gasteiger partial charge on any atom is -0.481 e. The molecule has 0 aromatic heterocycles. The van der Waals surface area contributed by atoms with E-state index in [1.54, 1.807) is 29.2 Å². The third-order valence-corrected chi connectivity index (χ3v) is 6.13. The van der Waals surface area contributed by atoms with Gasteiger partial charge in [0.05, 0.1) is 11.8 Å². The molecule has 2 fully saturated rings. The number of benzene rings is 1. The Labute approximate surface area is 162 Å². The molecule has 27 heavy (non-hydrogen) atoms. The van der Waals surface area contributed by atoms with Gasteiger partial charge in [0.2, 0.25) is 5.91 Å². The van der Waals surface area contributed by atoms with Crippen LogP contribution in [-0.4, -0.2) is 65.2 Å². The van der Waals surface area contributed by atoms with Gasteiger partial charge in [-0.25, -0.2) is 0 Å². The summed E-state index contributed by atoms with van der Waals surface area (Å²) in [5, 5.41) is 12.3. The highest BCUT2D eigenvalue weighted by Gasteiger charge is 2.36. The average Bonchev–Trinajstić information content (AvgIpc) is 3.18. The van der Waals surface area contributed by atoms with Crippen molar-refractivity contribution in [3.8, 4) is 0 Å². The fraction of sp³-hybridized carbons (Fsp3) is 0.526. The van der Waals surface area contributed by atoms with E-state index in [0.717, 1.165) is 0 Å². The lowest BCUT2D eigenvalue weighted by Crippen LogP contribution is -2.49. The van der Waals surface area contributed by atoms with Gasteiger partial charge in [-0.15, -0.1) is 11.8 Å². The van der Waals surface area contributed by atoms with Crippen LogP contribution >= 0.6 is 11.8 Å².